The van der Waals surface area contributed by atoms with Crippen LogP contribution in [-0.2, 0) is 14.3 Å². The molecule has 0 aromatic rings. The van der Waals surface area contributed by atoms with E-state index in [4.69, 9.17) is 15.2 Å². The summed E-state index contributed by atoms with van der Waals surface area (Å²) >= 11 is 0. The molecule has 0 unspecified atom stereocenters. The van der Waals surface area contributed by atoms with E-state index in [0.717, 1.165) is 45.4 Å². The smallest absolute Gasteiger partial charge is 0.251 e. The van der Waals surface area contributed by atoms with Crippen molar-refractivity contribution in [2.45, 2.75) is 57.8 Å². The van der Waals surface area contributed by atoms with E-state index >= 15 is 0 Å². The van der Waals surface area contributed by atoms with E-state index < -0.39 is 0 Å². The number of piperidine rings is 1. The van der Waals surface area contributed by atoms with Gasteiger partial charge in [-0.3, -0.25) is 4.79 Å². The van der Waals surface area contributed by atoms with Crippen molar-refractivity contribution in [1.29, 1.82) is 0 Å². The van der Waals surface area contributed by atoms with E-state index in [1.165, 1.54) is 0 Å². The van der Waals surface area contributed by atoms with Crippen LogP contribution in [0, 0.1) is 5.92 Å². The average molecular weight is 321 g/mol. The zero-order valence-electron chi connectivity index (χ0n) is 13.1. The van der Waals surface area contributed by atoms with Crippen LogP contribution in [0.15, 0.2) is 0 Å². The van der Waals surface area contributed by atoms with Crippen molar-refractivity contribution in [3.05, 3.63) is 0 Å². The Morgan fingerprint density at radius 3 is 2.48 bits per heavy atom. The molecule has 0 spiro atoms. The molecule has 0 aromatic carbocycles. The molecule has 2 rings (SSSR count). The third kappa shape index (κ3) is 5.40. The summed E-state index contributed by atoms with van der Waals surface area (Å²) in [7, 11) is 0. The Bertz CT molecular complexity index is 320. The largest absolute Gasteiger partial charge is 0.378 e. The average Bonchev–Trinajstić information content (AvgIpc) is 2.94. The van der Waals surface area contributed by atoms with E-state index in [1.807, 2.05) is 4.90 Å². The van der Waals surface area contributed by atoms with Gasteiger partial charge in [-0.05, 0) is 31.6 Å². The maximum absolute atomic E-state index is 12.4. The van der Waals surface area contributed by atoms with Crippen molar-refractivity contribution in [1.82, 2.24) is 4.90 Å². The number of amides is 1. The van der Waals surface area contributed by atoms with E-state index in [-0.39, 0.29) is 30.5 Å². The molecule has 2 aliphatic heterocycles. The highest BCUT2D eigenvalue weighted by Gasteiger charge is 2.34. The van der Waals surface area contributed by atoms with Gasteiger partial charge in [0.05, 0.1) is 12.2 Å². The monoisotopic (exact) mass is 320 g/mol. The Morgan fingerprint density at radius 2 is 1.95 bits per heavy atom. The first kappa shape index (κ1) is 18.7. The van der Waals surface area contributed by atoms with E-state index in [2.05, 4.69) is 13.8 Å². The Kier molecular flexibility index (Phi) is 7.95. The summed E-state index contributed by atoms with van der Waals surface area (Å²) in [5, 5.41) is 0. The van der Waals surface area contributed by atoms with Gasteiger partial charge in [-0.15, -0.1) is 12.4 Å². The van der Waals surface area contributed by atoms with Gasteiger partial charge in [0.2, 0.25) is 0 Å². The molecule has 5 nitrogen and oxygen atoms in total. The summed E-state index contributed by atoms with van der Waals surface area (Å²) in [4.78, 5) is 14.3. The topological polar surface area (TPSA) is 64.8 Å². The van der Waals surface area contributed by atoms with E-state index in [0.29, 0.717) is 18.6 Å². The summed E-state index contributed by atoms with van der Waals surface area (Å²) in [6, 6.07) is 0. The van der Waals surface area contributed by atoms with Gasteiger partial charge in [-0.2, -0.15) is 0 Å². The second kappa shape index (κ2) is 8.93. The number of nitrogens with zero attached hydrogens (tertiary/aromatic N) is 1. The van der Waals surface area contributed by atoms with Gasteiger partial charge >= 0.3 is 0 Å². The Morgan fingerprint density at radius 1 is 1.29 bits per heavy atom. The Labute approximate surface area is 133 Å². The molecule has 0 bridgehead atoms. The predicted molar refractivity (Wildman–Crippen MR) is 84.6 cm³/mol. The molecule has 0 radical (unpaired) electrons. The van der Waals surface area contributed by atoms with Crippen LogP contribution in [0.25, 0.3) is 0 Å². The molecule has 0 aliphatic carbocycles. The minimum Gasteiger partial charge on any atom is -0.378 e. The molecule has 0 saturated carbocycles. The summed E-state index contributed by atoms with van der Waals surface area (Å²) in [6.45, 7) is 7.20. The molecule has 0 aromatic heterocycles. The van der Waals surface area contributed by atoms with Crippen molar-refractivity contribution in [3.63, 3.8) is 0 Å². The van der Waals surface area contributed by atoms with Crippen molar-refractivity contribution in [2.24, 2.45) is 11.7 Å². The number of rotatable bonds is 5. The van der Waals surface area contributed by atoms with Gasteiger partial charge in [0.1, 0.15) is 6.10 Å². The Balaban J connectivity index is 0.00000220. The predicted octanol–water partition coefficient (Wildman–Crippen LogP) is 1.58. The standard InChI is InChI=1S/C15H28N2O3.ClH/c1-11(2)10-19-12-5-7-17(8-6-12)15(18)14-4-3-13(9-16)20-14;/h11-14H,3-10,16H2,1-2H3;1H/t13-,14+;/m1./s1. The number of hydrogen-bond donors (Lipinski definition) is 1. The first-order chi connectivity index (χ1) is 9.60. The number of carbonyl (C=O) groups is 1. The van der Waals surface area contributed by atoms with Crippen LogP contribution in [0.1, 0.15) is 39.5 Å². The molecule has 2 saturated heterocycles. The lowest BCUT2D eigenvalue weighted by molar-refractivity contribution is -0.145. The number of halogens is 1. The summed E-state index contributed by atoms with van der Waals surface area (Å²) in [5.74, 6) is 0.706. The van der Waals surface area contributed by atoms with Gasteiger partial charge < -0.3 is 20.1 Å². The molecule has 124 valence electrons. The Hall–Kier alpha value is -0.360. The van der Waals surface area contributed by atoms with Crippen LogP contribution in [0.5, 0.6) is 0 Å². The maximum atomic E-state index is 12.4. The van der Waals surface area contributed by atoms with Crippen LogP contribution < -0.4 is 5.73 Å². The highest BCUT2D eigenvalue weighted by Crippen LogP contribution is 2.23. The normalized spacial score (nSPS) is 27.0. The number of carbonyl (C=O) groups excluding carboxylic acids is 1. The highest BCUT2D eigenvalue weighted by molar-refractivity contribution is 5.85. The van der Waals surface area contributed by atoms with Crippen LogP contribution in [-0.4, -0.2) is 55.4 Å². The van der Waals surface area contributed by atoms with Gasteiger partial charge in [0.15, 0.2) is 0 Å². The second-order valence-corrected chi connectivity index (χ2v) is 6.31. The van der Waals surface area contributed by atoms with Gasteiger partial charge in [0, 0.05) is 26.2 Å². The fourth-order valence-corrected chi connectivity index (χ4v) is 2.84. The third-order valence-electron chi connectivity index (χ3n) is 4.06. The van der Waals surface area contributed by atoms with Crippen molar-refractivity contribution < 1.29 is 14.3 Å². The van der Waals surface area contributed by atoms with Gasteiger partial charge in [0.25, 0.3) is 5.91 Å². The van der Waals surface area contributed by atoms with Crippen LogP contribution >= 0.6 is 12.4 Å². The first-order valence-corrected chi connectivity index (χ1v) is 7.86. The molecule has 2 heterocycles. The minimum absolute atomic E-state index is 0. The lowest BCUT2D eigenvalue weighted by Crippen LogP contribution is -2.45. The summed E-state index contributed by atoms with van der Waals surface area (Å²) < 4.78 is 11.5. The van der Waals surface area contributed by atoms with Gasteiger partial charge in [-0.25, -0.2) is 0 Å². The lowest BCUT2D eigenvalue weighted by Gasteiger charge is -2.33. The van der Waals surface area contributed by atoms with E-state index in [1.54, 1.807) is 0 Å². The molecule has 6 heteroatoms. The minimum atomic E-state index is -0.267. The van der Waals surface area contributed by atoms with Crippen LogP contribution in [0.4, 0.5) is 0 Å². The van der Waals surface area contributed by atoms with Crippen molar-refractivity contribution in [2.75, 3.05) is 26.2 Å². The number of nitrogens with two attached hydrogens (primary N) is 1. The van der Waals surface area contributed by atoms with Crippen LogP contribution in [0.3, 0.4) is 0 Å². The molecule has 2 aliphatic rings. The highest BCUT2D eigenvalue weighted by atomic mass is 35.5. The van der Waals surface area contributed by atoms with E-state index in [9.17, 15) is 4.79 Å². The van der Waals surface area contributed by atoms with Crippen molar-refractivity contribution >= 4 is 18.3 Å². The summed E-state index contributed by atoms with van der Waals surface area (Å²) in [6.07, 6.45) is 3.69. The second-order valence-electron chi connectivity index (χ2n) is 6.31. The quantitative estimate of drug-likeness (QED) is 0.835. The zero-order valence-corrected chi connectivity index (χ0v) is 13.9. The number of likely N-dealkylation sites (tertiary alicyclic amines) is 1. The molecule has 2 atom stereocenters. The molecular weight excluding hydrogens is 292 g/mol. The first-order valence-electron chi connectivity index (χ1n) is 7.86. The van der Waals surface area contributed by atoms with Crippen LogP contribution in [0.2, 0.25) is 0 Å². The fraction of sp³-hybridized carbons (Fsp3) is 0.933. The molecule has 1 amide bonds. The number of hydrogen-bond acceptors (Lipinski definition) is 4. The lowest BCUT2D eigenvalue weighted by atomic mass is 10.1. The van der Waals surface area contributed by atoms with Crippen molar-refractivity contribution in [3.8, 4) is 0 Å². The molecular formula is C15H29ClN2O3. The molecule has 2 fully saturated rings. The zero-order chi connectivity index (χ0) is 14.5. The maximum Gasteiger partial charge on any atom is 0.251 e. The van der Waals surface area contributed by atoms with Gasteiger partial charge in [-0.1, -0.05) is 13.8 Å². The summed E-state index contributed by atoms with van der Waals surface area (Å²) in [5.41, 5.74) is 5.58. The molecule has 2 N–H and O–H groups in total. The SMILES string of the molecule is CC(C)COC1CCN(C(=O)[C@@H]2CC[C@H](CN)O2)CC1.Cl. The fourth-order valence-electron chi connectivity index (χ4n) is 2.84. The number of ether oxygens (including phenoxy) is 2. The third-order valence-corrected chi connectivity index (χ3v) is 4.06. The molecule has 21 heavy (non-hydrogen) atoms.